The van der Waals surface area contributed by atoms with Crippen molar-refractivity contribution in [3.63, 3.8) is 0 Å². The van der Waals surface area contributed by atoms with Crippen molar-refractivity contribution in [2.75, 3.05) is 37.4 Å². The van der Waals surface area contributed by atoms with Crippen molar-refractivity contribution in [3.05, 3.63) is 88.4 Å². The Hall–Kier alpha value is -2.91. The summed E-state index contributed by atoms with van der Waals surface area (Å²) in [5.41, 5.74) is 1.33. The fraction of sp³-hybridized carbons (Fsp3) is 0.333. The largest absolute Gasteiger partial charge is 0.492 e. The Morgan fingerprint density at radius 1 is 1.00 bits per heavy atom. The number of carbonyl (C=O) groups is 2. The lowest BCUT2D eigenvalue weighted by atomic mass is 10.1. The predicted molar refractivity (Wildman–Crippen MR) is 162 cm³/mol. The number of benzene rings is 3. The van der Waals surface area contributed by atoms with E-state index in [9.17, 15) is 14.7 Å². The van der Waals surface area contributed by atoms with Crippen molar-refractivity contribution < 1.29 is 24.2 Å². The second-order valence-corrected chi connectivity index (χ2v) is 10.9. The smallest absolute Gasteiger partial charge is 0.333 e. The third-order valence-electron chi connectivity index (χ3n) is 5.91. The molecular formula is C30H34Cl2N2O5S. The highest BCUT2D eigenvalue weighted by Gasteiger charge is 2.18. The van der Waals surface area contributed by atoms with E-state index in [1.54, 1.807) is 53.9 Å². The van der Waals surface area contributed by atoms with Gasteiger partial charge in [0.15, 0.2) is 6.10 Å². The number of hydrogen-bond donors (Lipinski definition) is 2. The molecule has 0 aromatic heterocycles. The Morgan fingerprint density at radius 3 is 2.42 bits per heavy atom. The lowest BCUT2D eigenvalue weighted by Gasteiger charge is -2.23. The van der Waals surface area contributed by atoms with Crippen molar-refractivity contribution in [3.8, 4) is 5.75 Å². The standard InChI is InChI=1S/C30H34Cl2N2O5S/c1-2-38-28(29(35)36)20-22-10-13-24(14-11-22)39-18-17-34(16-6-7-19-40-25-8-4-3-5-9-25)30(37)33-27-15-12-23(31)21-26(27)32/h3-5,8-15,21,28H,2,6-7,16-20H2,1H3,(H,33,37)(H,35,36). The van der Waals surface area contributed by atoms with E-state index >= 15 is 0 Å². The summed E-state index contributed by atoms with van der Waals surface area (Å²) >= 11 is 14.0. The number of hydrogen-bond acceptors (Lipinski definition) is 5. The van der Waals surface area contributed by atoms with Gasteiger partial charge in [-0.1, -0.05) is 53.5 Å². The fourth-order valence-electron chi connectivity index (χ4n) is 3.84. The van der Waals surface area contributed by atoms with Gasteiger partial charge in [-0.3, -0.25) is 0 Å². The summed E-state index contributed by atoms with van der Waals surface area (Å²) in [7, 11) is 0. The Balaban J connectivity index is 1.53. The molecule has 2 amide bonds. The SMILES string of the molecule is CCOC(Cc1ccc(OCCN(CCCCSc2ccccc2)C(=O)Nc2ccc(Cl)cc2Cl)cc1)C(=O)O. The molecule has 0 spiro atoms. The number of carboxylic acids is 1. The van der Waals surface area contributed by atoms with Gasteiger partial charge in [-0.15, -0.1) is 11.8 Å². The van der Waals surface area contributed by atoms with Crippen LogP contribution in [-0.2, 0) is 16.0 Å². The minimum atomic E-state index is -0.987. The Kier molecular flexibility index (Phi) is 13.5. The first kappa shape index (κ1) is 31.6. The highest BCUT2D eigenvalue weighted by atomic mass is 35.5. The number of urea groups is 1. The van der Waals surface area contributed by atoms with Crippen LogP contribution in [0.4, 0.5) is 10.5 Å². The number of nitrogens with zero attached hydrogens (tertiary/aromatic N) is 1. The molecule has 0 heterocycles. The number of halogens is 2. The van der Waals surface area contributed by atoms with Crippen LogP contribution in [0.3, 0.4) is 0 Å². The molecule has 0 aliphatic heterocycles. The molecule has 7 nitrogen and oxygen atoms in total. The number of thioether (sulfide) groups is 1. The van der Waals surface area contributed by atoms with Gasteiger partial charge in [0.2, 0.25) is 0 Å². The highest BCUT2D eigenvalue weighted by Crippen LogP contribution is 2.26. The summed E-state index contributed by atoms with van der Waals surface area (Å²) in [6.45, 7) is 3.32. The summed E-state index contributed by atoms with van der Waals surface area (Å²) in [5, 5.41) is 13.0. The number of ether oxygens (including phenoxy) is 2. The second-order valence-electron chi connectivity index (χ2n) is 8.89. The molecule has 0 bridgehead atoms. The maximum absolute atomic E-state index is 13.1. The van der Waals surface area contributed by atoms with Crippen molar-refractivity contribution in [1.82, 2.24) is 4.90 Å². The van der Waals surface area contributed by atoms with E-state index < -0.39 is 12.1 Å². The van der Waals surface area contributed by atoms with Crippen LogP contribution in [0, 0.1) is 0 Å². The number of amides is 2. The summed E-state index contributed by atoms with van der Waals surface area (Å²) in [6, 6.07) is 22.1. The molecule has 0 radical (unpaired) electrons. The molecule has 1 atom stereocenters. The average molecular weight is 606 g/mol. The van der Waals surface area contributed by atoms with Crippen molar-refractivity contribution in [1.29, 1.82) is 0 Å². The summed E-state index contributed by atoms with van der Waals surface area (Å²) < 4.78 is 11.2. The Bertz CT molecular complexity index is 1210. The van der Waals surface area contributed by atoms with Crippen LogP contribution in [0.25, 0.3) is 0 Å². The molecular weight excluding hydrogens is 571 g/mol. The van der Waals surface area contributed by atoms with E-state index in [-0.39, 0.29) is 19.1 Å². The molecule has 214 valence electrons. The van der Waals surface area contributed by atoms with Crippen molar-refractivity contribution in [2.24, 2.45) is 0 Å². The Morgan fingerprint density at radius 2 is 1.75 bits per heavy atom. The van der Waals surface area contributed by atoms with Crippen LogP contribution in [0.2, 0.25) is 10.0 Å². The van der Waals surface area contributed by atoms with Crippen LogP contribution < -0.4 is 10.1 Å². The van der Waals surface area contributed by atoms with Crippen LogP contribution in [-0.4, -0.2) is 60.2 Å². The number of rotatable bonds is 16. The zero-order valence-electron chi connectivity index (χ0n) is 22.4. The maximum atomic E-state index is 13.1. The molecule has 0 aliphatic carbocycles. The molecule has 3 rings (SSSR count). The van der Waals surface area contributed by atoms with Crippen LogP contribution in [0.15, 0.2) is 77.7 Å². The minimum Gasteiger partial charge on any atom is -0.492 e. The molecule has 3 aromatic rings. The normalized spacial score (nSPS) is 11.6. The molecule has 2 N–H and O–H groups in total. The van der Waals surface area contributed by atoms with Crippen molar-refractivity contribution >= 4 is 52.7 Å². The monoisotopic (exact) mass is 604 g/mol. The summed E-state index contributed by atoms with van der Waals surface area (Å²) in [4.78, 5) is 27.4. The molecule has 0 saturated carbocycles. The minimum absolute atomic E-state index is 0.269. The van der Waals surface area contributed by atoms with Crippen LogP contribution in [0.1, 0.15) is 25.3 Å². The van der Waals surface area contributed by atoms with Crippen molar-refractivity contribution in [2.45, 2.75) is 37.2 Å². The number of unbranched alkanes of at least 4 members (excludes halogenated alkanes) is 1. The number of aliphatic carboxylic acids is 1. The topological polar surface area (TPSA) is 88.1 Å². The lowest BCUT2D eigenvalue weighted by molar-refractivity contribution is -0.149. The summed E-state index contributed by atoms with van der Waals surface area (Å²) in [5.74, 6) is 0.601. The van der Waals surface area contributed by atoms with E-state index in [1.165, 1.54) is 4.90 Å². The molecule has 10 heteroatoms. The second kappa shape index (κ2) is 17.0. The van der Waals surface area contributed by atoms with Gasteiger partial charge < -0.3 is 24.8 Å². The number of anilines is 1. The zero-order valence-corrected chi connectivity index (χ0v) is 24.7. The third kappa shape index (κ3) is 10.9. The van der Waals surface area contributed by atoms with Gasteiger partial charge >= 0.3 is 12.0 Å². The van der Waals surface area contributed by atoms with Gasteiger partial charge in [-0.25, -0.2) is 9.59 Å². The molecule has 0 saturated heterocycles. The zero-order chi connectivity index (χ0) is 28.7. The van der Waals surface area contributed by atoms with E-state index in [4.69, 9.17) is 32.7 Å². The number of carbonyl (C=O) groups excluding carboxylic acids is 1. The van der Waals surface area contributed by atoms with Gasteiger partial charge in [0.05, 0.1) is 17.3 Å². The fourth-order valence-corrected chi connectivity index (χ4v) is 5.23. The first-order chi connectivity index (χ1) is 19.4. The van der Waals surface area contributed by atoms with E-state index in [0.717, 1.165) is 24.2 Å². The summed E-state index contributed by atoms with van der Waals surface area (Å²) in [6.07, 6.45) is 1.17. The van der Waals surface area contributed by atoms with Gasteiger partial charge in [0, 0.05) is 29.5 Å². The van der Waals surface area contributed by atoms with E-state index in [1.807, 2.05) is 30.3 Å². The van der Waals surface area contributed by atoms with E-state index in [2.05, 4.69) is 17.4 Å². The first-order valence-corrected chi connectivity index (χ1v) is 14.8. The van der Waals surface area contributed by atoms with Gasteiger partial charge in [-0.05, 0) is 73.5 Å². The lowest BCUT2D eigenvalue weighted by Crippen LogP contribution is -2.38. The Labute approximate surface area is 249 Å². The van der Waals surface area contributed by atoms with Gasteiger partial charge in [0.1, 0.15) is 12.4 Å². The third-order valence-corrected chi connectivity index (χ3v) is 7.56. The van der Waals surface area contributed by atoms with Gasteiger partial charge in [0.25, 0.3) is 0 Å². The molecule has 0 aliphatic rings. The molecule has 0 fully saturated rings. The number of nitrogens with one attached hydrogen (secondary N) is 1. The van der Waals surface area contributed by atoms with Crippen LogP contribution >= 0.6 is 35.0 Å². The average Bonchev–Trinajstić information content (AvgIpc) is 2.94. The number of carboxylic acid groups (broad SMARTS) is 1. The highest BCUT2D eigenvalue weighted by molar-refractivity contribution is 7.99. The quantitative estimate of drug-likeness (QED) is 0.130. The van der Waals surface area contributed by atoms with Gasteiger partial charge in [-0.2, -0.15) is 0 Å². The molecule has 1 unspecified atom stereocenters. The maximum Gasteiger partial charge on any atom is 0.333 e. The van der Waals surface area contributed by atoms with E-state index in [0.29, 0.717) is 41.2 Å². The van der Waals surface area contributed by atoms with Crippen LogP contribution in [0.5, 0.6) is 5.75 Å². The molecule has 40 heavy (non-hydrogen) atoms. The predicted octanol–water partition coefficient (Wildman–Crippen LogP) is 7.51. The molecule has 3 aromatic carbocycles. The first-order valence-electron chi connectivity index (χ1n) is 13.1.